The van der Waals surface area contributed by atoms with Gasteiger partial charge in [0.1, 0.15) is 11.5 Å². The average molecular weight is 419 g/mol. The maximum atomic E-state index is 13.2. The van der Waals surface area contributed by atoms with Crippen LogP contribution in [0.5, 0.6) is 0 Å². The molecule has 3 rings (SSSR count). The lowest BCUT2D eigenvalue weighted by molar-refractivity contribution is -0.115. The van der Waals surface area contributed by atoms with Gasteiger partial charge in [-0.25, -0.2) is 14.7 Å². The molecular weight excluding hydrogens is 396 g/mol. The summed E-state index contributed by atoms with van der Waals surface area (Å²) in [6.45, 7) is 7.19. The van der Waals surface area contributed by atoms with E-state index in [0.717, 1.165) is 5.57 Å². The fourth-order valence-electron chi connectivity index (χ4n) is 3.09. The van der Waals surface area contributed by atoms with Crippen molar-refractivity contribution in [2.45, 2.75) is 27.0 Å². The van der Waals surface area contributed by atoms with Crippen LogP contribution in [0.2, 0.25) is 5.02 Å². The van der Waals surface area contributed by atoms with Crippen LogP contribution >= 0.6 is 11.6 Å². The second-order valence-electron chi connectivity index (χ2n) is 6.72. The van der Waals surface area contributed by atoms with E-state index in [1.54, 1.807) is 29.3 Å². The van der Waals surface area contributed by atoms with E-state index in [1.165, 1.54) is 11.1 Å². The highest BCUT2D eigenvalue weighted by molar-refractivity contribution is 6.35. The summed E-state index contributed by atoms with van der Waals surface area (Å²) in [5.41, 5.74) is 1.54. The summed E-state index contributed by atoms with van der Waals surface area (Å²) in [7, 11) is 0. The average Bonchev–Trinajstić information content (AvgIpc) is 2.99. The second-order valence-corrected chi connectivity index (χ2v) is 7.15. The minimum Gasteiger partial charge on any atom is -0.419 e. The van der Waals surface area contributed by atoms with Gasteiger partial charge in [0.2, 0.25) is 6.23 Å². The molecule has 0 aliphatic carbocycles. The first-order valence-corrected chi connectivity index (χ1v) is 9.67. The van der Waals surface area contributed by atoms with Crippen LogP contribution in [-0.4, -0.2) is 60.1 Å². The number of pyridine rings is 1. The SMILES string of the molecule is C/C=C\N=C1C(=C(C)C)C(=O)N(c2ccc(Cl)cn2)C1OC(=O)N1CCOCC1. The third kappa shape index (κ3) is 4.49. The number of carbonyl (C=O) groups is 2. The summed E-state index contributed by atoms with van der Waals surface area (Å²) in [6, 6.07) is 3.23. The third-order valence-electron chi connectivity index (χ3n) is 4.46. The fourth-order valence-corrected chi connectivity index (χ4v) is 3.21. The van der Waals surface area contributed by atoms with Crippen molar-refractivity contribution in [3.8, 4) is 0 Å². The number of halogens is 1. The van der Waals surface area contributed by atoms with Crippen molar-refractivity contribution in [1.29, 1.82) is 0 Å². The van der Waals surface area contributed by atoms with E-state index < -0.39 is 12.3 Å². The lowest BCUT2D eigenvalue weighted by atomic mass is 10.1. The van der Waals surface area contributed by atoms with E-state index in [4.69, 9.17) is 21.1 Å². The molecule has 2 amide bonds. The van der Waals surface area contributed by atoms with Crippen LogP contribution in [0.25, 0.3) is 0 Å². The molecule has 1 aromatic heterocycles. The Kier molecular flexibility index (Phi) is 6.66. The van der Waals surface area contributed by atoms with Crippen molar-refractivity contribution >= 4 is 35.1 Å². The van der Waals surface area contributed by atoms with Crippen LogP contribution in [0.3, 0.4) is 0 Å². The summed E-state index contributed by atoms with van der Waals surface area (Å²) >= 11 is 5.94. The van der Waals surface area contributed by atoms with Gasteiger partial charge in [0.15, 0.2) is 0 Å². The molecule has 9 heteroatoms. The maximum absolute atomic E-state index is 13.2. The zero-order chi connectivity index (χ0) is 21.0. The van der Waals surface area contributed by atoms with Gasteiger partial charge >= 0.3 is 6.09 Å². The molecule has 0 saturated carbocycles. The predicted molar refractivity (Wildman–Crippen MR) is 110 cm³/mol. The van der Waals surface area contributed by atoms with E-state index in [9.17, 15) is 9.59 Å². The largest absolute Gasteiger partial charge is 0.419 e. The molecule has 2 fully saturated rings. The number of nitrogens with zero attached hydrogens (tertiary/aromatic N) is 4. The summed E-state index contributed by atoms with van der Waals surface area (Å²) in [4.78, 5) is 37.5. The summed E-state index contributed by atoms with van der Waals surface area (Å²) in [6.07, 6.45) is 3.18. The Bertz CT molecular complexity index is 869. The summed E-state index contributed by atoms with van der Waals surface area (Å²) in [5, 5.41) is 0.438. The van der Waals surface area contributed by atoms with Crippen LogP contribution in [-0.2, 0) is 14.3 Å². The first kappa shape index (κ1) is 21.0. The van der Waals surface area contributed by atoms with Crippen molar-refractivity contribution in [2.75, 3.05) is 31.2 Å². The van der Waals surface area contributed by atoms with Gasteiger partial charge < -0.3 is 14.4 Å². The van der Waals surface area contributed by atoms with Crippen LogP contribution in [0.4, 0.5) is 10.6 Å². The van der Waals surface area contributed by atoms with E-state index in [-0.39, 0.29) is 5.91 Å². The highest BCUT2D eigenvalue weighted by Gasteiger charge is 2.46. The molecule has 154 valence electrons. The Morgan fingerprint density at radius 1 is 1.34 bits per heavy atom. The zero-order valence-corrected chi connectivity index (χ0v) is 17.3. The van der Waals surface area contributed by atoms with Gasteiger partial charge in [0.05, 0.1) is 23.8 Å². The molecule has 0 spiro atoms. The molecule has 2 aliphatic heterocycles. The molecule has 0 aromatic carbocycles. The number of anilines is 1. The summed E-state index contributed by atoms with van der Waals surface area (Å²) < 4.78 is 11.1. The van der Waals surface area contributed by atoms with E-state index in [0.29, 0.717) is 48.4 Å². The van der Waals surface area contributed by atoms with E-state index in [2.05, 4.69) is 9.98 Å². The minimum atomic E-state index is -1.03. The molecule has 1 aromatic rings. The number of aliphatic imine (C=N–C) groups is 1. The molecule has 2 saturated heterocycles. The van der Waals surface area contributed by atoms with Gasteiger partial charge in [-0.1, -0.05) is 23.3 Å². The molecule has 1 unspecified atom stereocenters. The number of hydrogen-bond donors (Lipinski definition) is 0. The molecule has 1 atom stereocenters. The van der Waals surface area contributed by atoms with Gasteiger partial charge in [-0.2, -0.15) is 0 Å². The number of amides is 2. The number of ether oxygens (including phenoxy) is 2. The van der Waals surface area contributed by atoms with Crippen molar-refractivity contribution in [3.63, 3.8) is 0 Å². The Morgan fingerprint density at radius 2 is 2.07 bits per heavy atom. The highest BCUT2D eigenvalue weighted by atomic mass is 35.5. The Hall–Kier alpha value is -2.71. The van der Waals surface area contributed by atoms with Gasteiger partial charge in [-0.05, 0) is 32.9 Å². The summed E-state index contributed by atoms with van der Waals surface area (Å²) in [5.74, 6) is -0.00791. The molecule has 8 nitrogen and oxygen atoms in total. The molecule has 0 radical (unpaired) electrons. The first-order valence-electron chi connectivity index (χ1n) is 9.29. The fraction of sp³-hybridized carbons (Fsp3) is 0.400. The van der Waals surface area contributed by atoms with Gasteiger partial charge in [-0.3, -0.25) is 9.79 Å². The Morgan fingerprint density at radius 3 is 2.66 bits per heavy atom. The number of rotatable bonds is 3. The number of aromatic nitrogens is 1. The first-order chi connectivity index (χ1) is 13.9. The van der Waals surface area contributed by atoms with Gasteiger partial charge in [-0.15, -0.1) is 0 Å². The monoisotopic (exact) mass is 418 g/mol. The number of morpholine rings is 1. The van der Waals surface area contributed by atoms with E-state index >= 15 is 0 Å². The highest BCUT2D eigenvalue weighted by Crippen LogP contribution is 2.31. The maximum Gasteiger partial charge on any atom is 0.412 e. The number of allylic oxidation sites excluding steroid dienone is 2. The van der Waals surface area contributed by atoms with Crippen molar-refractivity contribution in [3.05, 3.63) is 46.8 Å². The molecular formula is C20H23ClN4O4. The van der Waals surface area contributed by atoms with Crippen LogP contribution in [0, 0.1) is 0 Å². The zero-order valence-electron chi connectivity index (χ0n) is 16.6. The van der Waals surface area contributed by atoms with Gasteiger partial charge in [0, 0.05) is 25.5 Å². The van der Waals surface area contributed by atoms with Crippen molar-refractivity contribution < 1.29 is 19.1 Å². The second kappa shape index (κ2) is 9.19. The normalized spacial score (nSPS) is 21.4. The minimum absolute atomic E-state index is 0.323. The van der Waals surface area contributed by atoms with Crippen LogP contribution in [0.15, 0.2) is 46.7 Å². The van der Waals surface area contributed by atoms with Crippen LogP contribution < -0.4 is 4.90 Å². The predicted octanol–water partition coefficient (Wildman–Crippen LogP) is 3.19. The smallest absolute Gasteiger partial charge is 0.412 e. The molecule has 3 heterocycles. The lowest BCUT2D eigenvalue weighted by Gasteiger charge is -2.29. The Balaban J connectivity index is 2.03. The lowest BCUT2D eigenvalue weighted by Crippen LogP contribution is -2.46. The van der Waals surface area contributed by atoms with Gasteiger partial charge in [0.25, 0.3) is 5.91 Å². The quantitative estimate of drug-likeness (QED) is 0.704. The van der Waals surface area contributed by atoms with Crippen LogP contribution in [0.1, 0.15) is 20.8 Å². The molecule has 29 heavy (non-hydrogen) atoms. The topological polar surface area (TPSA) is 84.3 Å². The number of hydrogen-bond acceptors (Lipinski definition) is 6. The number of carbonyl (C=O) groups excluding carboxylic acids is 2. The molecule has 0 N–H and O–H groups in total. The van der Waals surface area contributed by atoms with E-state index in [1.807, 2.05) is 20.8 Å². The Labute approximate surface area is 174 Å². The standard InChI is InChI=1S/C20H23ClN4O4/c1-4-7-22-17-16(13(2)3)18(26)25(15-6-5-14(21)12-23-15)19(17)29-20(27)24-8-10-28-11-9-24/h4-7,12,19H,8-11H2,1-3H3/b7-4-,22-17?. The third-order valence-corrected chi connectivity index (χ3v) is 4.68. The van der Waals surface area contributed by atoms with Crippen molar-refractivity contribution in [1.82, 2.24) is 9.88 Å². The van der Waals surface area contributed by atoms with Crippen molar-refractivity contribution in [2.24, 2.45) is 4.99 Å². The molecule has 2 aliphatic rings. The molecule has 0 bridgehead atoms.